The number of thiocarbonyl (C=S) groups is 1. The number of hydrogen-bond donors (Lipinski definition) is 3. The number of unbranched alkanes of at least 4 members (excludes halogenated alkanes) is 2. The number of carbonyl (C=O) groups is 1. The molecule has 2 rings (SSSR count). The van der Waals surface area contributed by atoms with Crippen molar-refractivity contribution in [1.29, 1.82) is 0 Å². The fourth-order valence-electron chi connectivity index (χ4n) is 3.39. The third kappa shape index (κ3) is 7.16. The van der Waals surface area contributed by atoms with Crippen LogP contribution in [0.1, 0.15) is 62.7 Å². The quantitative estimate of drug-likeness (QED) is 0.243. The molecule has 0 aromatic heterocycles. The predicted molar refractivity (Wildman–Crippen MR) is 119 cm³/mol. The highest BCUT2D eigenvalue weighted by atomic mass is 32.1. The van der Waals surface area contributed by atoms with Crippen molar-refractivity contribution in [3.63, 3.8) is 0 Å². The van der Waals surface area contributed by atoms with Gasteiger partial charge in [0.2, 0.25) is 0 Å². The summed E-state index contributed by atoms with van der Waals surface area (Å²) in [6.07, 6.45) is 6.83. The Morgan fingerprint density at radius 1 is 1.28 bits per heavy atom. The van der Waals surface area contributed by atoms with Crippen LogP contribution in [0.5, 0.6) is 0 Å². The number of nitro benzene ring substituents is 1. The van der Waals surface area contributed by atoms with Crippen LogP contribution in [0.2, 0.25) is 0 Å². The molecule has 0 aliphatic carbocycles. The molecular weight excluding hydrogens is 390 g/mol. The Morgan fingerprint density at radius 2 is 2.00 bits per heavy atom. The molecule has 1 aliphatic rings. The van der Waals surface area contributed by atoms with Gasteiger partial charge in [0, 0.05) is 31.8 Å². The zero-order chi connectivity index (χ0) is 21.2. The molecule has 29 heavy (non-hydrogen) atoms. The smallest absolute Gasteiger partial charge is 0.272 e. The number of nitro groups is 1. The highest BCUT2D eigenvalue weighted by Gasteiger charge is 2.22. The minimum atomic E-state index is -0.496. The van der Waals surface area contributed by atoms with Gasteiger partial charge in [-0.25, -0.2) is 0 Å². The molecule has 1 amide bonds. The Morgan fingerprint density at radius 3 is 2.66 bits per heavy atom. The van der Waals surface area contributed by atoms with Gasteiger partial charge in [0.05, 0.1) is 16.2 Å². The second-order valence-corrected chi connectivity index (χ2v) is 7.95. The van der Waals surface area contributed by atoms with Gasteiger partial charge in [-0.3, -0.25) is 25.8 Å². The van der Waals surface area contributed by atoms with Crippen molar-refractivity contribution in [3.05, 3.63) is 33.9 Å². The first kappa shape index (κ1) is 22.9. The lowest BCUT2D eigenvalue weighted by atomic mass is 10.0. The van der Waals surface area contributed by atoms with Gasteiger partial charge in [-0.05, 0) is 43.5 Å². The molecule has 1 saturated heterocycles. The van der Waals surface area contributed by atoms with E-state index in [-0.39, 0.29) is 11.3 Å². The average molecular weight is 422 g/mol. The molecule has 1 heterocycles. The number of rotatable bonds is 9. The molecule has 1 aromatic carbocycles. The summed E-state index contributed by atoms with van der Waals surface area (Å²) in [5, 5.41) is 14.6. The van der Waals surface area contributed by atoms with E-state index in [1.165, 1.54) is 31.4 Å². The molecule has 160 valence electrons. The first-order valence-corrected chi connectivity index (χ1v) is 10.7. The van der Waals surface area contributed by atoms with Crippen LogP contribution in [0.4, 0.5) is 11.4 Å². The van der Waals surface area contributed by atoms with Crippen molar-refractivity contribution in [2.24, 2.45) is 5.92 Å². The van der Waals surface area contributed by atoms with Gasteiger partial charge in [0.1, 0.15) is 0 Å². The number of hydrogen-bond acceptors (Lipinski definition) is 5. The van der Waals surface area contributed by atoms with Crippen LogP contribution >= 0.6 is 12.2 Å². The highest BCUT2D eigenvalue weighted by molar-refractivity contribution is 7.80. The van der Waals surface area contributed by atoms with E-state index in [0.29, 0.717) is 16.7 Å². The molecule has 1 aliphatic heterocycles. The summed E-state index contributed by atoms with van der Waals surface area (Å²) in [7, 11) is 0. The number of anilines is 1. The van der Waals surface area contributed by atoms with Crippen LogP contribution in [-0.2, 0) is 0 Å². The van der Waals surface area contributed by atoms with Gasteiger partial charge in [-0.15, -0.1) is 0 Å². The number of non-ortho nitro benzene ring substituents is 1. The normalized spacial score (nSPS) is 14.3. The van der Waals surface area contributed by atoms with Crippen LogP contribution < -0.4 is 21.1 Å². The molecule has 8 nitrogen and oxygen atoms in total. The maximum atomic E-state index is 12.7. The van der Waals surface area contributed by atoms with Gasteiger partial charge >= 0.3 is 0 Å². The summed E-state index contributed by atoms with van der Waals surface area (Å²) in [4.78, 5) is 25.4. The molecule has 0 saturated carbocycles. The fraction of sp³-hybridized carbons (Fsp3) is 0.600. The standard InChI is InChI=1S/C20H31N5O3S/c1-3-4-5-8-15(2)14-21-20(29)23-22-19(26)17-13-16(25(27)28)9-10-18(17)24-11-6-7-12-24/h9-10,13,15H,3-8,11-12,14H2,1-2H3,(H,22,26)(H2,21,23,29)/t15-/m1/s1. The summed E-state index contributed by atoms with van der Waals surface area (Å²) >= 11 is 5.23. The highest BCUT2D eigenvalue weighted by Crippen LogP contribution is 2.28. The molecule has 3 N–H and O–H groups in total. The molecule has 9 heteroatoms. The SMILES string of the molecule is CCCCC[C@@H](C)CNC(=S)NNC(=O)c1cc([N+](=O)[O-])ccc1N1CCCC1. The van der Waals surface area contributed by atoms with E-state index >= 15 is 0 Å². The Balaban J connectivity index is 1.92. The molecule has 1 fully saturated rings. The number of nitrogens with zero attached hydrogens (tertiary/aromatic N) is 2. The lowest BCUT2D eigenvalue weighted by molar-refractivity contribution is -0.384. The minimum Gasteiger partial charge on any atom is -0.371 e. The number of carbonyl (C=O) groups excluding carboxylic acids is 1. The van der Waals surface area contributed by atoms with Crippen molar-refractivity contribution >= 4 is 34.6 Å². The van der Waals surface area contributed by atoms with E-state index in [2.05, 4.69) is 34.9 Å². The Kier molecular flexibility index (Phi) is 9.11. The van der Waals surface area contributed by atoms with Gasteiger partial charge in [-0.1, -0.05) is 33.1 Å². The summed E-state index contributed by atoms with van der Waals surface area (Å²) in [6.45, 7) is 6.74. The molecular formula is C20H31N5O3S. The largest absolute Gasteiger partial charge is 0.371 e. The van der Waals surface area contributed by atoms with Crippen molar-refractivity contribution < 1.29 is 9.72 Å². The maximum Gasteiger partial charge on any atom is 0.272 e. The van der Waals surface area contributed by atoms with E-state index in [4.69, 9.17) is 12.2 Å². The van der Waals surface area contributed by atoms with Crippen molar-refractivity contribution in [2.75, 3.05) is 24.5 Å². The Bertz CT molecular complexity index is 722. The number of benzene rings is 1. The van der Waals surface area contributed by atoms with Gasteiger partial charge in [-0.2, -0.15) is 0 Å². The monoisotopic (exact) mass is 421 g/mol. The minimum absolute atomic E-state index is 0.111. The Labute approximate surface area is 177 Å². The van der Waals surface area contributed by atoms with Crippen LogP contribution in [0.25, 0.3) is 0 Å². The second kappa shape index (κ2) is 11.5. The Hall–Kier alpha value is -2.42. The topological polar surface area (TPSA) is 99.5 Å². The van der Waals surface area contributed by atoms with E-state index in [9.17, 15) is 14.9 Å². The van der Waals surface area contributed by atoms with Gasteiger partial charge in [0.15, 0.2) is 5.11 Å². The molecule has 1 atom stereocenters. The summed E-state index contributed by atoms with van der Waals surface area (Å²) in [5.74, 6) is 0.0336. The van der Waals surface area contributed by atoms with Crippen molar-refractivity contribution in [1.82, 2.24) is 16.2 Å². The van der Waals surface area contributed by atoms with E-state index < -0.39 is 10.8 Å². The molecule has 0 radical (unpaired) electrons. The van der Waals surface area contributed by atoms with E-state index in [0.717, 1.165) is 38.9 Å². The van der Waals surface area contributed by atoms with Crippen LogP contribution in [-0.4, -0.2) is 35.6 Å². The zero-order valence-corrected chi connectivity index (χ0v) is 18.0. The first-order chi connectivity index (χ1) is 13.9. The second-order valence-electron chi connectivity index (χ2n) is 7.54. The van der Waals surface area contributed by atoms with Crippen molar-refractivity contribution in [3.8, 4) is 0 Å². The summed E-state index contributed by atoms with van der Waals surface area (Å²) < 4.78 is 0. The lowest BCUT2D eigenvalue weighted by Gasteiger charge is -2.21. The van der Waals surface area contributed by atoms with E-state index in [1.807, 2.05) is 0 Å². The fourth-order valence-corrected chi connectivity index (χ4v) is 3.52. The molecule has 0 bridgehead atoms. The summed E-state index contributed by atoms with van der Waals surface area (Å²) in [5.41, 5.74) is 6.13. The average Bonchev–Trinajstić information content (AvgIpc) is 3.24. The molecule has 0 spiro atoms. The first-order valence-electron chi connectivity index (χ1n) is 10.3. The number of amides is 1. The summed E-state index contributed by atoms with van der Waals surface area (Å²) in [6, 6.07) is 4.40. The maximum absolute atomic E-state index is 12.7. The van der Waals surface area contributed by atoms with Gasteiger partial charge in [0.25, 0.3) is 11.6 Å². The predicted octanol–water partition coefficient (Wildman–Crippen LogP) is 3.52. The third-order valence-corrected chi connectivity index (χ3v) is 5.33. The molecule has 0 unspecified atom stereocenters. The number of nitrogens with one attached hydrogen (secondary N) is 3. The molecule has 1 aromatic rings. The number of hydrazine groups is 1. The van der Waals surface area contributed by atoms with Crippen molar-refractivity contribution in [2.45, 2.75) is 52.4 Å². The van der Waals surface area contributed by atoms with Crippen LogP contribution in [0.3, 0.4) is 0 Å². The lowest BCUT2D eigenvalue weighted by Crippen LogP contribution is -2.47. The van der Waals surface area contributed by atoms with E-state index in [1.54, 1.807) is 6.07 Å². The van der Waals surface area contributed by atoms with Gasteiger partial charge < -0.3 is 10.2 Å². The third-order valence-electron chi connectivity index (χ3n) is 5.08. The van der Waals surface area contributed by atoms with Crippen LogP contribution in [0, 0.1) is 16.0 Å². The zero-order valence-electron chi connectivity index (χ0n) is 17.2. The van der Waals surface area contributed by atoms with Crippen LogP contribution in [0.15, 0.2) is 18.2 Å².